The molecule has 0 spiro atoms. The molecule has 3 fully saturated rings. The van der Waals surface area contributed by atoms with Crippen molar-refractivity contribution in [3.8, 4) is 0 Å². The van der Waals surface area contributed by atoms with Crippen LogP contribution in [0.3, 0.4) is 0 Å². The molecule has 196 valence electrons. The van der Waals surface area contributed by atoms with Crippen LogP contribution in [0.5, 0.6) is 0 Å². The molecule has 0 saturated heterocycles. The second-order valence-corrected chi connectivity index (χ2v) is 11.4. The molecule has 0 bridgehead atoms. The molecule has 1 N–H and O–H groups in total. The van der Waals surface area contributed by atoms with Gasteiger partial charge in [-0.3, -0.25) is 9.59 Å². The highest BCUT2D eigenvalue weighted by Crippen LogP contribution is 2.71. The second-order valence-electron chi connectivity index (χ2n) is 11.0. The summed E-state index contributed by atoms with van der Waals surface area (Å²) in [6, 6.07) is 2.90. The monoisotopic (exact) mass is 522 g/mol. The van der Waals surface area contributed by atoms with Gasteiger partial charge in [0.15, 0.2) is 17.1 Å². The highest BCUT2D eigenvalue weighted by Gasteiger charge is 2.77. The summed E-state index contributed by atoms with van der Waals surface area (Å²) < 4.78 is 43.8. The SMILES string of the molecule is C=C1[C@@H](F)CC2C3C[C@@H](C)[C@](OC(=O)c4ccco4)(C(=O)S)C3(C)CC(O)[C@]2(F)C1(C)/C=C\C(C)=O. The number of ether oxygens (including phenoxy) is 1. The third kappa shape index (κ3) is 3.34. The van der Waals surface area contributed by atoms with Gasteiger partial charge in [-0.1, -0.05) is 26.5 Å². The maximum absolute atomic E-state index is 17.3. The minimum absolute atomic E-state index is 0.0479. The molecule has 1 aromatic rings. The summed E-state index contributed by atoms with van der Waals surface area (Å²) in [4.78, 5) is 37.8. The lowest BCUT2D eigenvalue weighted by Gasteiger charge is -2.62. The average molecular weight is 523 g/mol. The number of carbonyl (C=O) groups excluding carboxylic acids is 3. The van der Waals surface area contributed by atoms with Crippen LogP contribution < -0.4 is 0 Å². The first kappa shape index (κ1) is 26.8. The van der Waals surface area contributed by atoms with Gasteiger partial charge >= 0.3 is 5.97 Å². The van der Waals surface area contributed by atoms with Crippen molar-refractivity contribution >= 4 is 29.5 Å². The van der Waals surface area contributed by atoms with Crippen molar-refractivity contribution in [3.63, 3.8) is 0 Å². The van der Waals surface area contributed by atoms with Crippen molar-refractivity contribution in [2.45, 2.75) is 70.5 Å². The van der Waals surface area contributed by atoms with E-state index in [-0.39, 0.29) is 36.4 Å². The van der Waals surface area contributed by atoms with Crippen molar-refractivity contribution in [2.75, 3.05) is 0 Å². The maximum Gasteiger partial charge on any atom is 0.375 e. The molecular formula is C27H32F2O6S. The summed E-state index contributed by atoms with van der Waals surface area (Å²) in [5.41, 5.74) is -7.15. The molecule has 1 aromatic heterocycles. The second kappa shape index (κ2) is 8.65. The zero-order valence-corrected chi connectivity index (χ0v) is 21.7. The van der Waals surface area contributed by atoms with Crippen molar-refractivity contribution in [1.29, 1.82) is 0 Å². The van der Waals surface area contributed by atoms with Gasteiger partial charge < -0.3 is 14.3 Å². The van der Waals surface area contributed by atoms with Gasteiger partial charge in [-0.25, -0.2) is 13.6 Å². The van der Waals surface area contributed by atoms with Gasteiger partial charge in [0.05, 0.1) is 12.4 Å². The van der Waals surface area contributed by atoms with Crippen LogP contribution in [0, 0.1) is 28.6 Å². The Bertz CT molecular complexity index is 1130. The Balaban J connectivity index is 1.85. The lowest BCUT2D eigenvalue weighted by molar-refractivity contribution is -0.220. The van der Waals surface area contributed by atoms with Gasteiger partial charge in [-0.05, 0) is 62.8 Å². The minimum atomic E-state index is -2.37. The summed E-state index contributed by atoms with van der Waals surface area (Å²) in [6.45, 7) is 9.94. The van der Waals surface area contributed by atoms with Crippen LogP contribution >= 0.6 is 12.6 Å². The van der Waals surface area contributed by atoms with Crippen molar-refractivity contribution in [3.05, 3.63) is 48.5 Å². The Kier molecular flexibility index (Phi) is 6.44. The van der Waals surface area contributed by atoms with E-state index >= 15 is 8.78 Å². The van der Waals surface area contributed by atoms with Gasteiger partial charge in [-0.15, -0.1) is 12.6 Å². The first-order valence-electron chi connectivity index (χ1n) is 12.1. The topological polar surface area (TPSA) is 93.8 Å². The molecule has 1 heterocycles. The van der Waals surface area contributed by atoms with E-state index in [9.17, 15) is 19.5 Å². The Morgan fingerprint density at radius 2 is 1.94 bits per heavy atom. The number of alkyl halides is 2. The van der Waals surface area contributed by atoms with Gasteiger partial charge in [0, 0.05) is 22.7 Å². The average Bonchev–Trinajstić information content (AvgIpc) is 3.40. The van der Waals surface area contributed by atoms with Crippen molar-refractivity contribution < 1.29 is 37.4 Å². The van der Waals surface area contributed by atoms with Crippen LogP contribution in [0.4, 0.5) is 8.78 Å². The molecular weight excluding hydrogens is 490 g/mol. The van der Waals surface area contributed by atoms with Crippen LogP contribution in [0.25, 0.3) is 0 Å². The number of fused-ring (bicyclic) bond motifs is 3. The molecule has 4 rings (SSSR count). The molecule has 0 radical (unpaired) electrons. The van der Waals surface area contributed by atoms with E-state index in [0.717, 1.165) is 0 Å². The first-order chi connectivity index (χ1) is 16.7. The minimum Gasteiger partial charge on any atom is -0.457 e. The zero-order valence-electron chi connectivity index (χ0n) is 20.8. The molecule has 3 saturated carbocycles. The number of halogens is 2. The van der Waals surface area contributed by atoms with E-state index in [4.69, 9.17) is 9.15 Å². The lowest BCUT2D eigenvalue weighted by atomic mass is 9.45. The Hall–Kier alpha value is -2.26. The molecule has 36 heavy (non-hydrogen) atoms. The van der Waals surface area contributed by atoms with Crippen LogP contribution in [-0.2, 0) is 14.3 Å². The van der Waals surface area contributed by atoms with Crippen LogP contribution in [-0.4, -0.2) is 45.5 Å². The predicted octanol–water partition coefficient (Wildman–Crippen LogP) is 4.83. The summed E-state index contributed by atoms with van der Waals surface area (Å²) in [5, 5.41) is 10.7. The summed E-state index contributed by atoms with van der Waals surface area (Å²) in [5.74, 6) is -3.63. The number of hydrogen-bond donors (Lipinski definition) is 2. The van der Waals surface area contributed by atoms with E-state index in [1.54, 1.807) is 13.8 Å². The van der Waals surface area contributed by atoms with E-state index in [1.807, 2.05) is 0 Å². The molecule has 9 atom stereocenters. The highest BCUT2D eigenvalue weighted by molar-refractivity contribution is 7.96. The van der Waals surface area contributed by atoms with Crippen molar-refractivity contribution in [1.82, 2.24) is 0 Å². The number of carbonyl (C=O) groups is 3. The third-order valence-corrected chi connectivity index (χ3v) is 9.68. The number of rotatable bonds is 5. The fraction of sp³-hybridized carbons (Fsp3) is 0.593. The largest absolute Gasteiger partial charge is 0.457 e. The number of esters is 1. The number of aliphatic hydroxyl groups is 1. The fourth-order valence-corrected chi connectivity index (χ4v) is 8.00. The highest BCUT2D eigenvalue weighted by atomic mass is 32.1. The number of hydrogen-bond acceptors (Lipinski definition) is 6. The number of allylic oxidation sites excluding steroid dienone is 3. The van der Waals surface area contributed by atoms with E-state index in [2.05, 4.69) is 19.2 Å². The molecule has 3 aliphatic rings. The molecule has 3 aliphatic carbocycles. The van der Waals surface area contributed by atoms with Crippen LogP contribution in [0.15, 0.2) is 47.1 Å². The van der Waals surface area contributed by atoms with E-state index in [0.29, 0.717) is 0 Å². The maximum atomic E-state index is 17.3. The number of aliphatic hydroxyl groups excluding tert-OH is 1. The predicted molar refractivity (Wildman–Crippen MR) is 131 cm³/mol. The molecule has 5 unspecified atom stereocenters. The Morgan fingerprint density at radius 1 is 1.28 bits per heavy atom. The Labute approximate surface area is 214 Å². The van der Waals surface area contributed by atoms with Gasteiger partial charge in [0.1, 0.15) is 6.17 Å². The molecule has 0 aliphatic heterocycles. The van der Waals surface area contributed by atoms with Gasteiger partial charge in [0.25, 0.3) is 0 Å². The number of furan rings is 1. The molecule has 0 amide bonds. The molecule has 9 heteroatoms. The quantitative estimate of drug-likeness (QED) is 0.249. The van der Waals surface area contributed by atoms with E-state index < -0.39 is 63.2 Å². The van der Waals surface area contributed by atoms with Gasteiger partial charge in [0.2, 0.25) is 10.9 Å². The lowest BCUT2D eigenvalue weighted by Crippen LogP contribution is -2.70. The van der Waals surface area contributed by atoms with Crippen LogP contribution in [0.1, 0.15) is 57.5 Å². The van der Waals surface area contributed by atoms with E-state index in [1.165, 1.54) is 44.4 Å². The fourth-order valence-electron chi connectivity index (χ4n) is 7.48. The van der Waals surface area contributed by atoms with Gasteiger partial charge in [-0.2, -0.15) is 0 Å². The third-order valence-electron chi connectivity index (χ3n) is 9.34. The summed E-state index contributed by atoms with van der Waals surface area (Å²) in [7, 11) is 0. The summed E-state index contributed by atoms with van der Waals surface area (Å²) >= 11 is 4.11. The standard InChI is InChI=1S/C27H32F2O6S/c1-14-11-17-18-12-19(28)16(3)24(4,9-8-15(2)30)26(18,29)21(31)13-25(17,5)27(14,23(33)36)35-22(32)20-7-6-10-34-20/h6-10,14,17-19,21,31H,3,11-13H2,1-2,4-5H3,(H,33,36)/b9-8-/t14-,17?,18?,19+,21?,24?,25?,26+,27+/m1/s1. The molecule has 0 aromatic carbocycles. The number of ketones is 1. The zero-order chi connectivity index (χ0) is 26.8. The molecule has 6 nitrogen and oxygen atoms in total. The normalized spacial score (nSPS) is 44.2. The smallest absolute Gasteiger partial charge is 0.375 e. The summed E-state index contributed by atoms with van der Waals surface area (Å²) in [6.07, 6.45) is 0.227. The van der Waals surface area contributed by atoms with Crippen LogP contribution in [0.2, 0.25) is 0 Å². The number of thiol groups is 1. The van der Waals surface area contributed by atoms with Crippen molar-refractivity contribution in [2.24, 2.45) is 28.6 Å². The first-order valence-corrected chi connectivity index (χ1v) is 12.5. The Morgan fingerprint density at radius 3 is 2.50 bits per heavy atom.